The average molecular weight is 299 g/mol. The van der Waals surface area contributed by atoms with E-state index in [0.717, 1.165) is 4.90 Å². The zero-order chi connectivity index (χ0) is 16.2. The third kappa shape index (κ3) is 4.42. The van der Waals surface area contributed by atoms with E-state index in [1.54, 1.807) is 13.8 Å². The number of carbonyl (C=O) groups is 3. The van der Waals surface area contributed by atoms with Crippen LogP contribution in [-0.4, -0.2) is 54.6 Å². The summed E-state index contributed by atoms with van der Waals surface area (Å²) in [5.74, 6) is -0.258. The van der Waals surface area contributed by atoms with E-state index in [2.05, 4.69) is 10.6 Å². The van der Waals surface area contributed by atoms with Crippen LogP contribution < -0.4 is 10.6 Å². The number of esters is 1. The molecular formula is C14H25N3O4. The molecule has 0 radical (unpaired) electrons. The van der Waals surface area contributed by atoms with Crippen LogP contribution in [0.25, 0.3) is 0 Å². The summed E-state index contributed by atoms with van der Waals surface area (Å²) in [6.07, 6.45) is 0.637. The molecule has 1 rings (SSSR count). The summed E-state index contributed by atoms with van der Waals surface area (Å²) in [5, 5.41) is 5.66. The largest absolute Gasteiger partial charge is 0.468 e. The van der Waals surface area contributed by atoms with Crippen LogP contribution in [0.1, 0.15) is 34.1 Å². The SMILES string of the molecule is COC(=O)C(CC(C)C)NCCN1C(=O)NC(C)(C)C1=O. The number of nitrogens with zero attached hydrogens (tertiary/aromatic N) is 1. The van der Waals surface area contributed by atoms with Gasteiger partial charge in [0.15, 0.2) is 0 Å². The van der Waals surface area contributed by atoms with Crippen LogP contribution >= 0.6 is 0 Å². The first-order chi connectivity index (χ1) is 9.69. The smallest absolute Gasteiger partial charge is 0.325 e. The van der Waals surface area contributed by atoms with Crippen molar-refractivity contribution < 1.29 is 19.1 Å². The lowest BCUT2D eigenvalue weighted by atomic mass is 10.0. The monoisotopic (exact) mass is 299 g/mol. The summed E-state index contributed by atoms with van der Waals surface area (Å²) in [7, 11) is 1.34. The molecule has 0 bridgehead atoms. The minimum atomic E-state index is -0.864. The number of carbonyl (C=O) groups excluding carboxylic acids is 3. The predicted molar refractivity (Wildman–Crippen MR) is 77.6 cm³/mol. The van der Waals surface area contributed by atoms with Gasteiger partial charge in [-0.15, -0.1) is 0 Å². The Hall–Kier alpha value is -1.63. The molecular weight excluding hydrogens is 274 g/mol. The van der Waals surface area contributed by atoms with E-state index in [0.29, 0.717) is 18.9 Å². The maximum absolute atomic E-state index is 12.0. The molecule has 3 amide bonds. The van der Waals surface area contributed by atoms with E-state index in [1.165, 1.54) is 7.11 Å². The molecule has 1 saturated heterocycles. The molecule has 0 aromatic rings. The molecule has 0 aromatic heterocycles. The van der Waals surface area contributed by atoms with E-state index >= 15 is 0 Å². The molecule has 1 aliphatic rings. The first-order valence-electron chi connectivity index (χ1n) is 7.14. The highest BCUT2D eigenvalue weighted by Gasteiger charge is 2.43. The molecule has 1 heterocycles. The van der Waals surface area contributed by atoms with Crippen LogP contribution in [-0.2, 0) is 14.3 Å². The normalized spacial score (nSPS) is 18.9. The minimum absolute atomic E-state index is 0.222. The number of nitrogens with one attached hydrogen (secondary N) is 2. The number of rotatable bonds is 7. The Morgan fingerprint density at radius 2 is 2.00 bits per heavy atom. The summed E-state index contributed by atoms with van der Waals surface area (Å²) in [4.78, 5) is 36.5. The first kappa shape index (κ1) is 17.4. The average Bonchev–Trinajstić information content (AvgIpc) is 2.57. The Balaban J connectivity index is 2.53. The lowest BCUT2D eigenvalue weighted by Gasteiger charge is -2.20. The van der Waals surface area contributed by atoms with Crippen molar-refractivity contribution >= 4 is 17.9 Å². The van der Waals surface area contributed by atoms with Crippen LogP contribution in [0, 0.1) is 5.92 Å². The van der Waals surface area contributed by atoms with Gasteiger partial charge in [-0.2, -0.15) is 0 Å². The number of ether oxygens (including phenoxy) is 1. The molecule has 0 aromatic carbocycles. The van der Waals surface area contributed by atoms with Gasteiger partial charge >= 0.3 is 12.0 Å². The third-order valence-electron chi connectivity index (χ3n) is 3.36. The lowest BCUT2D eigenvalue weighted by Crippen LogP contribution is -2.45. The molecule has 21 heavy (non-hydrogen) atoms. The zero-order valence-electron chi connectivity index (χ0n) is 13.4. The summed E-state index contributed by atoms with van der Waals surface area (Å²) < 4.78 is 4.75. The van der Waals surface area contributed by atoms with E-state index in [-0.39, 0.29) is 18.4 Å². The second kappa shape index (κ2) is 6.89. The summed E-state index contributed by atoms with van der Waals surface area (Å²) in [6.45, 7) is 7.92. The maximum atomic E-state index is 12.0. The van der Waals surface area contributed by atoms with Crippen LogP contribution in [0.2, 0.25) is 0 Å². The Kier molecular flexibility index (Phi) is 5.71. The quantitative estimate of drug-likeness (QED) is 0.528. The summed E-state index contributed by atoms with van der Waals surface area (Å²) in [5.41, 5.74) is -0.864. The van der Waals surface area contributed by atoms with Gasteiger partial charge in [-0.3, -0.25) is 14.5 Å². The molecule has 1 atom stereocenters. The van der Waals surface area contributed by atoms with E-state index in [1.807, 2.05) is 13.8 Å². The number of imide groups is 1. The van der Waals surface area contributed by atoms with Gasteiger partial charge in [-0.1, -0.05) is 13.8 Å². The van der Waals surface area contributed by atoms with Crippen LogP contribution in [0.3, 0.4) is 0 Å². The highest BCUT2D eigenvalue weighted by molar-refractivity contribution is 6.06. The fourth-order valence-corrected chi connectivity index (χ4v) is 2.25. The molecule has 1 aliphatic heterocycles. The zero-order valence-corrected chi connectivity index (χ0v) is 13.4. The van der Waals surface area contributed by atoms with Gasteiger partial charge in [0, 0.05) is 13.1 Å². The van der Waals surface area contributed by atoms with Crippen molar-refractivity contribution in [2.75, 3.05) is 20.2 Å². The van der Waals surface area contributed by atoms with Crippen LogP contribution in [0.4, 0.5) is 4.79 Å². The Morgan fingerprint density at radius 1 is 1.38 bits per heavy atom. The second-order valence-electron chi connectivity index (χ2n) is 6.17. The van der Waals surface area contributed by atoms with Gasteiger partial charge in [0.2, 0.25) is 0 Å². The number of hydrogen-bond donors (Lipinski definition) is 2. The predicted octanol–water partition coefficient (Wildman–Crippen LogP) is 0.494. The Bertz CT molecular complexity index is 420. The molecule has 1 fully saturated rings. The number of hydrogen-bond acceptors (Lipinski definition) is 5. The fourth-order valence-electron chi connectivity index (χ4n) is 2.25. The van der Waals surface area contributed by atoms with Crippen LogP contribution in [0.5, 0.6) is 0 Å². The van der Waals surface area contributed by atoms with Crippen molar-refractivity contribution in [1.29, 1.82) is 0 Å². The van der Waals surface area contributed by atoms with Crippen molar-refractivity contribution in [2.24, 2.45) is 5.92 Å². The molecule has 120 valence electrons. The van der Waals surface area contributed by atoms with E-state index in [4.69, 9.17) is 4.74 Å². The fraction of sp³-hybridized carbons (Fsp3) is 0.786. The van der Waals surface area contributed by atoms with E-state index < -0.39 is 17.6 Å². The maximum Gasteiger partial charge on any atom is 0.325 e. The van der Waals surface area contributed by atoms with Gasteiger partial charge < -0.3 is 15.4 Å². The Morgan fingerprint density at radius 3 is 2.43 bits per heavy atom. The van der Waals surface area contributed by atoms with E-state index in [9.17, 15) is 14.4 Å². The Labute approximate surface area is 125 Å². The van der Waals surface area contributed by atoms with Gasteiger partial charge in [-0.25, -0.2) is 4.79 Å². The molecule has 7 heteroatoms. The van der Waals surface area contributed by atoms with Crippen molar-refractivity contribution in [1.82, 2.24) is 15.5 Å². The van der Waals surface area contributed by atoms with Gasteiger partial charge in [0.05, 0.1) is 7.11 Å². The lowest BCUT2D eigenvalue weighted by molar-refractivity contribution is -0.143. The molecule has 7 nitrogen and oxygen atoms in total. The summed E-state index contributed by atoms with van der Waals surface area (Å²) in [6, 6.07) is -0.825. The van der Waals surface area contributed by atoms with Gasteiger partial charge in [0.1, 0.15) is 11.6 Å². The number of urea groups is 1. The van der Waals surface area contributed by atoms with Gasteiger partial charge in [-0.05, 0) is 26.2 Å². The highest BCUT2D eigenvalue weighted by Crippen LogP contribution is 2.15. The van der Waals surface area contributed by atoms with Crippen LogP contribution in [0.15, 0.2) is 0 Å². The molecule has 0 aliphatic carbocycles. The first-order valence-corrected chi connectivity index (χ1v) is 7.14. The molecule has 0 spiro atoms. The number of amides is 3. The molecule has 2 N–H and O–H groups in total. The summed E-state index contributed by atoms with van der Waals surface area (Å²) >= 11 is 0. The van der Waals surface area contributed by atoms with Crippen molar-refractivity contribution in [3.8, 4) is 0 Å². The molecule has 0 saturated carbocycles. The van der Waals surface area contributed by atoms with Gasteiger partial charge in [0.25, 0.3) is 5.91 Å². The standard InChI is InChI=1S/C14H25N3O4/c1-9(2)8-10(11(18)21-5)15-6-7-17-12(19)14(3,4)16-13(17)20/h9-10,15H,6-8H2,1-5H3,(H,16,20). The highest BCUT2D eigenvalue weighted by atomic mass is 16.5. The second-order valence-corrected chi connectivity index (χ2v) is 6.17. The van der Waals surface area contributed by atoms with Crippen molar-refractivity contribution in [3.63, 3.8) is 0 Å². The minimum Gasteiger partial charge on any atom is -0.468 e. The topological polar surface area (TPSA) is 87.7 Å². The van der Waals surface area contributed by atoms with Crippen molar-refractivity contribution in [3.05, 3.63) is 0 Å². The molecule has 1 unspecified atom stereocenters. The van der Waals surface area contributed by atoms with Crippen molar-refractivity contribution in [2.45, 2.75) is 45.7 Å². The third-order valence-corrected chi connectivity index (χ3v) is 3.36. The number of methoxy groups -OCH3 is 1.